The van der Waals surface area contributed by atoms with Crippen molar-refractivity contribution in [3.05, 3.63) is 63.9 Å². The minimum absolute atomic E-state index is 0.0985. The topological polar surface area (TPSA) is 110 Å². The maximum Gasteiger partial charge on any atom is 0.353 e. The number of fused-ring (bicyclic) bond motifs is 1. The van der Waals surface area contributed by atoms with Crippen LogP contribution >= 0.6 is 0 Å². The molecule has 4 rings (SSSR count). The number of esters is 2. The molecule has 0 unspecified atom stereocenters. The fourth-order valence-corrected chi connectivity index (χ4v) is 3.52. The first-order chi connectivity index (χ1) is 15.8. The van der Waals surface area contributed by atoms with E-state index in [1.54, 1.807) is 12.3 Å². The number of benzene rings is 1. The summed E-state index contributed by atoms with van der Waals surface area (Å²) in [5, 5.41) is 0.568. The van der Waals surface area contributed by atoms with Gasteiger partial charge in [-0.2, -0.15) is 4.98 Å². The molecule has 0 radical (unpaired) electrons. The molecule has 0 N–H and O–H groups in total. The third-order valence-electron chi connectivity index (χ3n) is 5.08. The number of carbonyl (C=O) groups excluding carboxylic acids is 2. The maximum atomic E-state index is 12.6. The van der Waals surface area contributed by atoms with E-state index in [2.05, 4.69) is 16.8 Å². The van der Waals surface area contributed by atoms with Crippen LogP contribution in [0.2, 0.25) is 0 Å². The molecule has 1 saturated heterocycles. The van der Waals surface area contributed by atoms with Crippen molar-refractivity contribution in [3.8, 4) is 11.8 Å². The summed E-state index contributed by atoms with van der Waals surface area (Å²) in [5.41, 5.74) is 1.55. The maximum absolute atomic E-state index is 12.6. The molecule has 0 bridgehead atoms. The van der Waals surface area contributed by atoms with Crippen LogP contribution in [0, 0.1) is 18.8 Å². The van der Waals surface area contributed by atoms with Crippen LogP contribution in [-0.2, 0) is 23.8 Å². The van der Waals surface area contributed by atoms with E-state index in [1.807, 2.05) is 31.2 Å². The monoisotopic (exact) mass is 450 g/mol. The lowest BCUT2D eigenvalue weighted by Crippen LogP contribution is -2.31. The normalized spacial score (nSPS) is 19.7. The van der Waals surface area contributed by atoms with Crippen LogP contribution in [0.4, 0.5) is 0 Å². The molecule has 0 aliphatic carbocycles. The van der Waals surface area contributed by atoms with Crippen LogP contribution in [0.25, 0.3) is 11.1 Å². The summed E-state index contributed by atoms with van der Waals surface area (Å²) in [6.07, 6.45) is -0.359. The van der Waals surface area contributed by atoms with Crippen molar-refractivity contribution in [1.29, 1.82) is 0 Å². The molecule has 3 heterocycles. The summed E-state index contributed by atoms with van der Waals surface area (Å²) in [7, 11) is 0. The van der Waals surface area contributed by atoms with Gasteiger partial charge >= 0.3 is 17.6 Å². The zero-order chi connectivity index (χ0) is 23.5. The fourth-order valence-electron chi connectivity index (χ4n) is 3.52. The van der Waals surface area contributed by atoms with Gasteiger partial charge in [0.1, 0.15) is 25.0 Å². The van der Waals surface area contributed by atoms with Crippen molar-refractivity contribution in [2.75, 3.05) is 6.61 Å². The number of hydrogen-bond donors (Lipinski definition) is 0. The Bertz CT molecular complexity index is 1310. The van der Waals surface area contributed by atoms with E-state index in [4.69, 9.17) is 18.6 Å². The second kappa shape index (κ2) is 9.30. The average Bonchev–Trinajstić information content (AvgIpc) is 3.33. The van der Waals surface area contributed by atoms with Gasteiger partial charge in [-0.25, -0.2) is 4.79 Å². The van der Waals surface area contributed by atoms with E-state index >= 15 is 0 Å². The second-order valence-corrected chi connectivity index (χ2v) is 7.73. The Balaban J connectivity index is 1.58. The van der Waals surface area contributed by atoms with E-state index in [1.165, 1.54) is 18.4 Å². The Hall–Kier alpha value is -3.90. The Kier molecular flexibility index (Phi) is 6.29. The van der Waals surface area contributed by atoms with E-state index in [0.717, 1.165) is 11.1 Å². The molecule has 3 atom stereocenters. The molecule has 1 aromatic carbocycles. The highest BCUT2D eigenvalue weighted by atomic mass is 16.6. The molecule has 1 aliphatic heterocycles. The molecule has 170 valence electrons. The van der Waals surface area contributed by atoms with Gasteiger partial charge in [-0.1, -0.05) is 23.6 Å². The summed E-state index contributed by atoms with van der Waals surface area (Å²) in [6, 6.07) is 9.45. The number of ether oxygens (including phenoxy) is 3. The SMILES string of the molecule is CC(=O)OC[C@H]1O[C@@H](n2cc3cc(C#Cc4ccc(C)cc4)oc3nc2=O)C[C@@H]1OC(C)=O. The minimum atomic E-state index is -0.753. The quantitative estimate of drug-likeness (QED) is 0.441. The highest BCUT2D eigenvalue weighted by molar-refractivity contribution is 5.74. The van der Waals surface area contributed by atoms with E-state index < -0.39 is 36.1 Å². The molecule has 0 spiro atoms. The van der Waals surface area contributed by atoms with E-state index in [9.17, 15) is 14.4 Å². The number of furan rings is 1. The number of rotatable bonds is 4. The first-order valence-electron chi connectivity index (χ1n) is 10.4. The van der Waals surface area contributed by atoms with E-state index in [0.29, 0.717) is 11.1 Å². The van der Waals surface area contributed by atoms with Crippen molar-refractivity contribution < 1.29 is 28.2 Å². The molecule has 0 saturated carbocycles. The van der Waals surface area contributed by atoms with Gasteiger partial charge < -0.3 is 18.6 Å². The van der Waals surface area contributed by atoms with Crippen LogP contribution in [0.3, 0.4) is 0 Å². The van der Waals surface area contributed by atoms with Crippen molar-refractivity contribution >= 4 is 23.0 Å². The lowest BCUT2D eigenvalue weighted by Gasteiger charge is -2.17. The van der Waals surface area contributed by atoms with Crippen molar-refractivity contribution in [2.45, 2.75) is 45.6 Å². The van der Waals surface area contributed by atoms with Gasteiger partial charge in [0.15, 0.2) is 5.76 Å². The van der Waals surface area contributed by atoms with Crippen molar-refractivity contribution in [1.82, 2.24) is 9.55 Å². The van der Waals surface area contributed by atoms with Gasteiger partial charge in [-0.3, -0.25) is 14.2 Å². The molecule has 2 aromatic heterocycles. The lowest BCUT2D eigenvalue weighted by atomic mass is 10.1. The van der Waals surface area contributed by atoms with Gasteiger partial charge in [-0.05, 0) is 25.0 Å². The van der Waals surface area contributed by atoms with Gasteiger partial charge in [0.25, 0.3) is 0 Å². The number of hydrogen-bond acceptors (Lipinski definition) is 8. The third-order valence-corrected chi connectivity index (χ3v) is 5.08. The first kappa shape index (κ1) is 22.3. The molecular formula is C24H22N2O7. The van der Waals surface area contributed by atoms with Crippen LogP contribution in [0.1, 0.15) is 43.4 Å². The molecule has 0 amide bonds. The standard InChI is InChI=1S/C24H22N2O7/c1-14-4-6-17(7-5-14)8-9-19-10-18-12-26(24(29)25-23(18)32-19)22-11-20(31-16(3)28)21(33-22)13-30-15(2)27/h4-7,10,12,20-22H,11,13H2,1-3H3/t20-,21+,22+/m0/s1. The number of aryl methyl sites for hydroxylation is 1. The Labute approximate surface area is 189 Å². The Morgan fingerprint density at radius 3 is 2.64 bits per heavy atom. The van der Waals surface area contributed by atoms with Gasteiger partial charge in [-0.15, -0.1) is 0 Å². The summed E-state index contributed by atoms with van der Waals surface area (Å²) in [6.45, 7) is 4.45. The second-order valence-electron chi connectivity index (χ2n) is 7.73. The summed E-state index contributed by atoms with van der Waals surface area (Å²) in [5.74, 6) is 5.34. The Morgan fingerprint density at radius 2 is 1.94 bits per heavy atom. The predicted octanol–water partition coefficient (Wildman–Crippen LogP) is 2.48. The van der Waals surface area contributed by atoms with Crippen molar-refractivity contribution in [3.63, 3.8) is 0 Å². The summed E-state index contributed by atoms with van der Waals surface area (Å²) in [4.78, 5) is 39.2. The zero-order valence-electron chi connectivity index (χ0n) is 18.4. The van der Waals surface area contributed by atoms with Gasteiger partial charge in [0.2, 0.25) is 5.71 Å². The molecule has 1 fully saturated rings. The number of carbonyl (C=O) groups is 2. The average molecular weight is 450 g/mol. The zero-order valence-corrected chi connectivity index (χ0v) is 18.4. The molecule has 33 heavy (non-hydrogen) atoms. The molecular weight excluding hydrogens is 428 g/mol. The van der Waals surface area contributed by atoms with Crippen LogP contribution in [0.5, 0.6) is 0 Å². The van der Waals surface area contributed by atoms with Crippen molar-refractivity contribution in [2.24, 2.45) is 0 Å². The highest BCUT2D eigenvalue weighted by Gasteiger charge is 2.39. The first-order valence-corrected chi connectivity index (χ1v) is 10.4. The molecule has 3 aromatic rings. The molecule has 1 aliphatic rings. The third kappa shape index (κ3) is 5.30. The van der Waals surface area contributed by atoms with Gasteiger partial charge in [0, 0.05) is 38.1 Å². The minimum Gasteiger partial charge on any atom is -0.463 e. The smallest absolute Gasteiger partial charge is 0.353 e. The van der Waals surface area contributed by atoms with Crippen LogP contribution < -0.4 is 5.69 Å². The largest absolute Gasteiger partial charge is 0.463 e. The number of aromatic nitrogens is 2. The predicted molar refractivity (Wildman–Crippen MR) is 116 cm³/mol. The summed E-state index contributed by atoms with van der Waals surface area (Å²) >= 11 is 0. The fraction of sp³-hybridized carbons (Fsp3) is 0.333. The molecule has 9 nitrogen and oxygen atoms in total. The van der Waals surface area contributed by atoms with Crippen LogP contribution in [-0.4, -0.2) is 40.3 Å². The van der Waals surface area contributed by atoms with Gasteiger partial charge in [0.05, 0.1) is 5.39 Å². The van der Waals surface area contributed by atoms with E-state index in [-0.39, 0.29) is 18.7 Å². The lowest BCUT2D eigenvalue weighted by molar-refractivity contribution is -0.155. The number of nitrogens with zero attached hydrogens (tertiary/aromatic N) is 2. The highest BCUT2D eigenvalue weighted by Crippen LogP contribution is 2.31. The summed E-state index contributed by atoms with van der Waals surface area (Å²) < 4.78 is 23.1. The van der Waals surface area contributed by atoms with Crippen LogP contribution in [0.15, 0.2) is 45.7 Å². The Morgan fingerprint density at radius 1 is 1.18 bits per heavy atom. The molecule has 9 heteroatoms.